The highest BCUT2D eigenvalue weighted by Gasteiger charge is 2.33. The van der Waals surface area contributed by atoms with E-state index in [4.69, 9.17) is 16.3 Å². The predicted octanol–water partition coefficient (Wildman–Crippen LogP) is 3.49. The summed E-state index contributed by atoms with van der Waals surface area (Å²) in [6.45, 7) is 0.850. The molecular formula is C17H18ClNO4S2. The molecule has 134 valence electrons. The molecule has 25 heavy (non-hydrogen) atoms. The second-order valence-corrected chi connectivity index (χ2v) is 9.76. The van der Waals surface area contributed by atoms with Crippen LogP contribution < -0.4 is 4.74 Å². The topological polar surface area (TPSA) is 63.7 Å². The number of hydrogen-bond acceptors (Lipinski definition) is 5. The van der Waals surface area contributed by atoms with E-state index in [0.717, 1.165) is 0 Å². The van der Waals surface area contributed by atoms with Crippen LogP contribution in [0.15, 0.2) is 41.3 Å². The Morgan fingerprint density at radius 1 is 1.16 bits per heavy atom. The molecular weight excluding hydrogens is 382 g/mol. The molecule has 3 rings (SSSR count). The van der Waals surface area contributed by atoms with Crippen LogP contribution in [-0.4, -0.2) is 44.7 Å². The summed E-state index contributed by atoms with van der Waals surface area (Å²) in [7, 11) is -1.87. The van der Waals surface area contributed by atoms with Crippen molar-refractivity contribution in [3.05, 3.63) is 45.6 Å². The Bertz CT molecular complexity index is 853. The maximum absolute atomic E-state index is 12.8. The predicted molar refractivity (Wildman–Crippen MR) is 98.4 cm³/mol. The zero-order valence-electron chi connectivity index (χ0n) is 13.6. The molecule has 1 aromatic carbocycles. The van der Waals surface area contributed by atoms with E-state index in [1.165, 1.54) is 18.4 Å². The van der Waals surface area contributed by atoms with Crippen molar-refractivity contribution in [2.75, 3.05) is 20.2 Å². The minimum atomic E-state index is -3.41. The van der Waals surface area contributed by atoms with Crippen molar-refractivity contribution in [3.63, 3.8) is 0 Å². The smallest absolute Gasteiger partial charge is 0.263 e. The maximum Gasteiger partial charge on any atom is 0.263 e. The van der Waals surface area contributed by atoms with Crippen molar-refractivity contribution in [1.82, 2.24) is 4.90 Å². The highest BCUT2D eigenvalue weighted by atomic mass is 35.5. The van der Waals surface area contributed by atoms with Gasteiger partial charge in [-0.15, -0.1) is 11.3 Å². The zero-order chi connectivity index (χ0) is 18.0. The van der Waals surface area contributed by atoms with Gasteiger partial charge in [-0.2, -0.15) is 0 Å². The molecule has 1 aliphatic heterocycles. The number of methoxy groups -OCH3 is 1. The van der Waals surface area contributed by atoms with Gasteiger partial charge in [0, 0.05) is 13.1 Å². The lowest BCUT2D eigenvalue weighted by Gasteiger charge is -2.31. The van der Waals surface area contributed by atoms with E-state index in [0.29, 0.717) is 45.8 Å². The minimum Gasteiger partial charge on any atom is -0.497 e. The second kappa shape index (κ2) is 7.35. The lowest BCUT2D eigenvalue weighted by molar-refractivity contribution is 0.0730. The van der Waals surface area contributed by atoms with Crippen molar-refractivity contribution in [3.8, 4) is 5.75 Å². The highest BCUT2D eigenvalue weighted by Crippen LogP contribution is 2.28. The van der Waals surface area contributed by atoms with Crippen LogP contribution in [0.5, 0.6) is 5.75 Å². The van der Waals surface area contributed by atoms with Crippen LogP contribution in [0.2, 0.25) is 4.34 Å². The average molecular weight is 400 g/mol. The summed E-state index contributed by atoms with van der Waals surface area (Å²) in [6, 6.07) is 9.83. The van der Waals surface area contributed by atoms with Crippen LogP contribution in [-0.2, 0) is 9.84 Å². The highest BCUT2D eigenvalue weighted by molar-refractivity contribution is 7.92. The average Bonchev–Trinajstić information content (AvgIpc) is 3.07. The number of benzene rings is 1. The Labute approximate surface area is 156 Å². The van der Waals surface area contributed by atoms with E-state index in [1.807, 2.05) is 0 Å². The molecule has 1 aromatic heterocycles. The quantitative estimate of drug-likeness (QED) is 0.789. The van der Waals surface area contributed by atoms with Crippen molar-refractivity contribution in [2.45, 2.75) is 23.0 Å². The molecule has 2 aromatic rings. The molecule has 5 nitrogen and oxygen atoms in total. The van der Waals surface area contributed by atoms with E-state index in [1.54, 1.807) is 41.3 Å². The summed E-state index contributed by atoms with van der Waals surface area (Å²) < 4.78 is 31.2. The summed E-state index contributed by atoms with van der Waals surface area (Å²) in [5.41, 5.74) is 0. The SMILES string of the molecule is COc1ccc(S(=O)(=O)C2CCN(C(=O)c3ccc(Cl)s3)CC2)cc1. The monoisotopic (exact) mass is 399 g/mol. The van der Waals surface area contributed by atoms with Gasteiger partial charge in [-0.1, -0.05) is 11.6 Å². The van der Waals surface area contributed by atoms with Crippen LogP contribution >= 0.6 is 22.9 Å². The van der Waals surface area contributed by atoms with Gasteiger partial charge in [0.2, 0.25) is 0 Å². The van der Waals surface area contributed by atoms with Crippen LogP contribution in [0.3, 0.4) is 0 Å². The first-order valence-corrected chi connectivity index (χ1v) is 10.6. The number of piperidine rings is 1. The summed E-state index contributed by atoms with van der Waals surface area (Å²) in [5.74, 6) is 0.533. The van der Waals surface area contributed by atoms with E-state index >= 15 is 0 Å². The molecule has 8 heteroatoms. The summed E-state index contributed by atoms with van der Waals surface area (Å²) in [6.07, 6.45) is 0.860. The maximum atomic E-state index is 12.8. The number of nitrogens with zero attached hydrogens (tertiary/aromatic N) is 1. The van der Waals surface area contributed by atoms with Crippen LogP contribution in [0.1, 0.15) is 22.5 Å². The number of sulfone groups is 1. The number of ether oxygens (including phenoxy) is 1. The van der Waals surface area contributed by atoms with Gasteiger partial charge in [0.15, 0.2) is 9.84 Å². The number of rotatable bonds is 4. The molecule has 0 aliphatic carbocycles. The van der Waals surface area contributed by atoms with Crippen LogP contribution in [0.4, 0.5) is 0 Å². The first-order chi connectivity index (χ1) is 11.9. The van der Waals surface area contributed by atoms with Gasteiger partial charge in [-0.25, -0.2) is 8.42 Å². The molecule has 2 heterocycles. The molecule has 0 spiro atoms. The van der Waals surface area contributed by atoms with Crippen LogP contribution in [0, 0.1) is 0 Å². The molecule has 0 unspecified atom stereocenters. The number of carbonyl (C=O) groups excluding carboxylic acids is 1. The van der Waals surface area contributed by atoms with Gasteiger partial charge in [-0.3, -0.25) is 4.79 Å². The fourth-order valence-corrected chi connectivity index (χ4v) is 5.65. The molecule has 1 amide bonds. The molecule has 0 N–H and O–H groups in total. The lowest BCUT2D eigenvalue weighted by Crippen LogP contribution is -2.42. The van der Waals surface area contributed by atoms with Gasteiger partial charge in [0.05, 0.1) is 26.5 Å². The number of carbonyl (C=O) groups is 1. The van der Waals surface area contributed by atoms with E-state index < -0.39 is 15.1 Å². The van der Waals surface area contributed by atoms with Crippen LogP contribution in [0.25, 0.3) is 0 Å². The summed E-state index contributed by atoms with van der Waals surface area (Å²) >= 11 is 7.12. The Morgan fingerprint density at radius 2 is 1.80 bits per heavy atom. The number of halogens is 1. The first-order valence-electron chi connectivity index (χ1n) is 7.84. The normalized spacial score (nSPS) is 16.0. The second-order valence-electron chi connectivity index (χ2n) is 5.82. The first kappa shape index (κ1) is 18.2. The largest absolute Gasteiger partial charge is 0.497 e. The van der Waals surface area contributed by atoms with E-state index in [-0.39, 0.29) is 5.91 Å². The molecule has 1 fully saturated rings. The molecule has 0 atom stereocenters. The lowest BCUT2D eigenvalue weighted by atomic mass is 10.1. The van der Waals surface area contributed by atoms with Crippen molar-refractivity contribution in [2.24, 2.45) is 0 Å². The third-order valence-electron chi connectivity index (χ3n) is 4.34. The van der Waals surface area contributed by atoms with Gasteiger partial charge in [0.1, 0.15) is 5.75 Å². The van der Waals surface area contributed by atoms with E-state index in [9.17, 15) is 13.2 Å². The molecule has 1 saturated heterocycles. The summed E-state index contributed by atoms with van der Waals surface area (Å²) in [4.78, 5) is 15.0. The fourth-order valence-electron chi connectivity index (χ4n) is 2.91. The molecule has 0 saturated carbocycles. The molecule has 0 bridgehead atoms. The van der Waals surface area contributed by atoms with Crippen molar-refractivity contribution in [1.29, 1.82) is 0 Å². The third-order valence-corrected chi connectivity index (χ3v) is 7.84. The van der Waals surface area contributed by atoms with Crippen molar-refractivity contribution >= 4 is 38.7 Å². The van der Waals surface area contributed by atoms with Gasteiger partial charge in [-0.05, 0) is 49.2 Å². The van der Waals surface area contributed by atoms with E-state index in [2.05, 4.69) is 0 Å². The zero-order valence-corrected chi connectivity index (χ0v) is 16.0. The standard InChI is InChI=1S/C17H18ClNO4S2/c1-23-12-2-4-13(5-3-12)25(21,22)14-8-10-19(11-9-14)17(20)15-6-7-16(18)24-15/h2-7,14H,8-11H2,1H3. The van der Waals surface area contributed by atoms with Gasteiger partial charge >= 0.3 is 0 Å². The molecule has 1 aliphatic rings. The fraction of sp³-hybridized carbons (Fsp3) is 0.353. The number of thiophene rings is 1. The number of hydrogen-bond donors (Lipinski definition) is 0. The Kier molecular flexibility index (Phi) is 5.36. The Balaban J connectivity index is 1.67. The van der Waals surface area contributed by atoms with Gasteiger partial charge < -0.3 is 9.64 Å². The number of likely N-dealkylation sites (tertiary alicyclic amines) is 1. The number of amides is 1. The minimum absolute atomic E-state index is 0.0859. The van der Waals surface area contributed by atoms with Gasteiger partial charge in [0.25, 0.3) is 5.91 Å². The Hall–Kier alpha value is -1.57. The Morgan fingerprint density at radius 3 is 2.32 bits per heavy atom. The van der Waals surface area contributed by atoms with Crippen molar-refractivity contribution < 1.29 is 17.9 Å². The third kappa shape index (κ3) is 3.83. The summed E-state index contributed by atoms with van der Waals surface area (Å²) in [5, 5.41) is -0.475. The molecule has 0 radical (unpaired) electrons.